The molecule has 194 valence electrons. The first kappa shape index (κ1) is 31.8. The number of nitrogens with one attached hydrogen (secondary N) is 1. The van der Waals surface area contributed by atoms with Crippen LogP contribution in [0.5, 0.6) is 0 Å². The van der Waals surface area contributed by atoms with Gasteiger partial charge in [-0.05, 0) is 72.8 Å². The Bertz CT molecular complexity index is 1730. The second kappa shape index (κ2) is 19.9. The smallest absolute Gasteiger partial charge is 0.412 e. The third kappa shape index (κ3) is 14.8. The summed E-state index contributed by atoms with van der Waals surface area (Å²) < 4.78 is 4.63. The molecule has 1 amide bonds. The molecule has 0 aliphatic heterocycles. The van der Waals surface area contributed by atoms with Gasteiger partial charge in [-0.15, -0.1) is 6.42 Å². The van der Waals surface area contributed by atoms with Gasteiger partial charge in [0.25, 0.3) is 0 Å². The zero-order valence-electron chi connectivity index (χ0n) is 21.3. The Hall–Kier alpha value is -7.18. The van der Waals surface area contributed by atoms with Crippen molar-refractivity contribution in [3.63, 3.8) is 0 Å². The second-order valence-electron chi connectivity index (χ2n) is 6.94. The third-order valence-electron chi connectivity index (χ3n) is 4.16. The number of amides is 1. The van der Waals surface area contributed by atoms with Crippen LogP contribution < -0.4 is 11.1 Å². The number of aliphatic imine (C=N–C) groups is 1. The lowest BCUT2D eigenvalue weighted by Crippen LogP contribution is -2.13. The quantitative estimate of drug-likeness (QED) is 0.217. The summed E-state index contributed by atoms with van der Waals surface area (Å²) in [5.41, 5.74) is 9.44. The molecule has 0 bridgehead atoms. The van der Waals surface area contributed by atoms with Crippen molar-refractivity contribution < 1.29 is 14.3 Å². The summed E-state index contributed by atoms with van der Waals surface area (Å²) in [4.78, 5) is 24.4. The van der Waals surface area contributed by atoms with Gasteiger partial charge in [-0.3, -0.25) is 5.32 Å². The number of hydrogen-bond donors (Lipinski definition) is 2. The molecule has 3 aromatic rings. The number of rotatable bonds is 3. The van der Waals surface area contributed by atoms with Crippen molar-refractivity contribution >= 4 is 29.2 Å². The molecule has 0 saturated carbocycles. The number of nitrogen functional groups attached to an aromatic ring is 1. The third-order valence-corrected chi connectivity index (χ3v) is 4.16. The monoisotopic (exact) mass is 534 g/mol. The average molecular weight is 535 g/mol. The van der Waals surface area contributed by atoms with E-state index < -0.39 is 6.09 Å². The first-order valence-corrected chi connectivity index (χ1v) is 11.2. The molecule has 0 aliphatic carbocycles. The average Bonchev–Trinajstić information content (AvgIpc) is 3.00. The summed E-state index contributed by atoms with van der Waals surface area (Å²) >= 11 is 0. The highest BCUT2D eigenvalue weighted by atomic mass is 16.5. The number of carbonyl (C=O) groups is 1. The zero-order chi connectivity index (χ0) is 30.1. The Morgan fingerprint density at radius 3 is 1.63 bits per heavy atom. The lowest BCUT2D eigenvalue weighted by atomic mass is 10.2. The van der Waals surface area contributed by atoms with E-state index in [0.717, 1.165) is 5.56 Å². The molecule has 0 fully saturated rings. The van der Waals surface area contributed by atoms with Gasteiger partial charge in [-0.1, -0.05) is 23.7 Å². The van der Waals surface area contributed by atoms with E-state index in [-0.39, 0.29) is 6.61 Å². The maximum atomic E-state index is 11.1. The molecule has 0 radical (unpaired) electrons. The molecule has 3 N–H and O–H groups in total. The summed E-state index contributed by atoms with van der Waals surface area (Å²) in [5, 5.41) is 27.1. The van der Waals surface area contributed by atoms with Crippen molar-refractivity contribution in [1.29, 1.82) is 15.8 Å². The van der Waals surface area contributed by atoms with E-state index in [1.807, 2.05) is 0 Å². The van der Waals surface area contributed by atoms with Gasteiger partial charge < -0.3 is 10.5 Å². The van der Waals surface area contributed by atoms with Gasteiger partial charge in [0, 0.05) is 45.8 Å². The van der Waals surface area contributed by atoms with Crippen molar-refractivity contribution in [3.8, 4) is 66.1 Å². The van der Waals surface area contributed by atoms with Crippen molar-refractivity contribution in [3.05, 3.63) is 89.5 Å². The number of nitriles is 3. The number of nitrogens with two attached hydrogens (primary N) is 1. The lowest BCUT2D eigenvalue weighted by molar-refractivity contribution is 0.176. The number of nitrogens with zero attached hydrogens (tertiary/aromatic N) is 4. The zero-order valence-corrected chi connectivity index (χ0v) is 21.3. The predicted octanol–water partition coefficient (Wildman–Crippen LogP) is 4.42. The maximum Gasteiger partial charge on any atom is 0.412 e. The fourth-order valence-electron chi connectivity index (χ4n) is 2.44. The van der Waals surface area contributed by atoms with Gasteiger partial charge in [0.2, 0.25) is 6.08 Å². The molecular weight excluding hydrogens is 516 g/mol. The Balaban J connectivity index is 0.000000316. The molecule has 3 aromatic carbocycles. The largest absolute Gasteiger partial charge is 0.436 e. The van der Waals surface area contributed by atoms with Gasteiger partial charge in [0.05, 0.1) is 5.69 Å². The lowest BCUT2D eigenvalue weighted by Gasteiger charge is -2.04. The fraction of sp³-hybridized carbons (Fsp3) is 0.0312. The van der Waals surface area contributed by atoms with Crippen LogP contribution in [0.25, 0.3) is 0 Å². The number of ether oxygens (including phenoxy) is 1. The predicted molar refractivity (Wildman–Crippen MR) is 153 cm³/mol. The Morgan fingerprint density at radius 1 is 0.780 bits per heavy atom. The van der Waals surface area contributed by atoms with Gasteiger partial charge in [0.15, 0.2) is 24.8 Å². The van der Waals surface area contributed by atoms with Gasteiger partial charge in [0.1, 0.15) is 0 Å². The molecule has 9 nitrogen and oxygen atoms in total. The van der Waals surface area contributed by atoms with E-state index in [1.165, 1.54) is 6.08 Å². The van der Waals surface area contributed by atoms with Crippen molar-refractivity contribution in [1.82, 2.24) is 0 Å². The molecule has 0 atom stereocenters. The highest BCUT2D eigenvalue weighted by molar-refractivity contribution is 5.84. The summed E-state index contributed by atoms with van der Waals surface area (Å²) in [6.07, 6.45) is 5.76. The van der Waals surface area contributed by atoms with Crippen LogP contribution in [0.2, 0.25) is 0 Å². The Morgan fingerprint density at radius 2 is 1.22 bits per heavy atom. The van der Waals surface area contributed by atoms with E-state index in [1.54, 1.807) is 91.0 Å². The molecule has 41 heavy (non-hydrogen) atoms. The normalized spacial score (nSPS) is 7.61. The molecule has 9 heteroatoms. The Labute approximate surface area is 237 Å². The van der Waals surface area contributed by atoms with E-state index in [4.69, 9.17) is 27.9 Å². The summed E-state index contributed by atoms with van der Waals surface area (Å²) in [7, 11) is 0. The van der Waals surface area contributed by atoms with Crippen molar-refractivity contribution in [2.75, 3.05) is 17.7 Å². The van der Waals surface area contributed by atoms with E-state index in [0.29, 0.717) is 28.2 Å². The topological polar surface area (TPSA) is 165 Å². The number of isocyanates is 1. The summed E-state index contributed by atoms with van der Waals surface area (Å²) in [6.45, 7) is -0.0719. The molecule has 0 unspecified atom stereocenters. The molecule has 0 heterocycles. The standard InChI is InChI=1S/C13H8N2O2.C10H4N2O.C9H6N2/c1-2-10-17-13(16)15-12-7-5-11(6-8-12)4-3-9-14;11-7-1-2-9-3-5-10(6-4-9)12-8-13;10-7-1-2-8-3-5-9(11)6-4-8/h1,5-8H,10H2,(H,15,16);3-6H;3-6H,11H2. The first-order chi connectivity index (χ1) is 19.9. The number of terminal acetylenes is 1. The molecular formula is C32H18N6O3. The number of anilines is 2. The van der Waals surface area contributed by atoms with Gasteiger partial charge in [-0.25, -0.2) is 9.59 Å². The van der Waals surface area contributed by atoms with Crippen LogP contribution in [0.3, 0.4) is 0 Å². The Kier molecular flexibility index (Phi) is 15.5. The van der Waals surface area contributed by atoms with Gasteiger partial charge in [-0.2, -0.15) is 20.8 Å². The first-order valence-electron chi connectivity index (χ1n) is 11.2. The minimum absolute atomic E-state index is 0.0719. The van der Waals surface area contributed by atoms with Crippen LogP contribution >= 0.6 is 0 Å². The van der Waals surface area contributed by atoms with Crippen LogP contribution in [0.15, 0.2) is 77.8 Å². The highest BCUT2D eigenvalue weighted by Gasteiger charge is 2.01. The van der Waals surface area contributed by atoms with E-state index >= 15 is 0 Å². The van der Waals surface area contributed by atoms with E-state index in [9.17, 15) is 9.59 Å². The second-order valence-corrected chi connectivity index (χ2v) is 6.94. The van der Waals surface area contributed by atoms with Crippen LogP contribution in [-0.2, 0) is 9.53 Å². The molecule has 0 spiro atoms. The van der Waals surface area contributed by atoms with Gasteiger partial charge >= 0.3 is 6.09 Å². The fourth-order valence-corrected chi connectivity index (χ4v) is 2.44. The molecule has 3 rings (SSSR count). The maximum absolute atomic E-state index is 11.1. The summed E-state index contributed by atoms with van der Waals surface area (Å²) in [6, 6.07) is 25.5. The van der Waals surface area contributed by atoms with Crippen LogP contribution in [0.4, 0.5) is 21.9 Å². The number of carbonyl (C=O) groups excluding carboxylic acids is 2. The summed E-state index contributed by atoms with van der Waals surface area (Å²) in [5.74, 6) is 16.9. The molecule has 0 aliphatic rings. The minimum Gasteiger partial charge on any atom is -0.436 e. The van der Waals surface area contributed by atoms with Crippen molar-refractivity contribution in [2.24, 2.45) is 4.99 Å². The molecule has 0 saturated heterocycles. The van der Waals surface area contributed by atoms with E-state index in [2.05, 4.69) is 56.5 Å². The van der Waals surface area contributed by atoms with Crippen LogP contribution in [-0.4, -0.2) is 18.8 Å². The minimum atomic E-state index is -0.612. The van der Waals surface area contributed by atoms with Crippen LogP contribution in [0.1, 0.15) is 16.7 Å². The molecule has 0 aromatic heterocycles. The number of hydrogen-bond acceptors (Lipinski definition) is 8. The highest BCUT2D eigenvalue weighted by Crippen LogP contribution is 2.11. The van der Waals surface area contributed by atoms with Crippen LogP contribution in [0, 0.1) is 81.9 Å². The SMILES string of the molecule is C#CCOC(=O)Nc1ccc(C#CC#N)cc1.N#CC#Cc1ccc(N)cc1.N#CC#Cc1ccc(N=C=O)cc1. The van der Waals surface area contributed by atoms with Crippen molar-refractivity contribution in [2.45, 2.75) is 0 Å². The number of benzene rings is 3.